The summed E-state index contributed by atoms with van der Waals surface area (Å²) in [5.74, 6) is 0.534. The van der Waals surface area contributed by atoms with Crippen LogP contribution in [-0.2, 0) is 0 Å². The summed E-state index contributed by atoms with van der Waals surface area (Å²) >= 11 is 6.28. The number of carbonyl (C=O) groups excluding carboxylic acids is 1. The van der Waals surface area contributed by atoms with Gasteiger partial charge in [0.1, 0.15) is 5.76 Å². The van der Waals surface area contributed by atoms with E-state index in [2.05, 4.69) is 5.16 Å². The minimum atomic E-state index is -0.112. The number of rotatable bonds is 2. The summed E-state index contributed by atoms with van der Waals surface area (Å²) in [6.07, 6.45) is 4.22. The zero-order chi connectivity index (χ0) is 12.4. The SMILES string of the molecule is Cc1cc(C(=O)N(C)C2CCCCC2Cl)no1. The Bertz CT molecular complexity index is 405. The number of hydrogen-bond donors (Lipinski definition) is 0. The Hall–Kier alpha value is -1.03. The second-order valence-corrected chi connectivity index (χ2v) is 5.17. The van der Waals surface area contributed by atoms with Crippen LogP contribution in [0, 0.1) is 6.92 Å². The molecule has 1 aliphatic rings. The molecule has 2 unspecified atom stereocenters. The third-order valence-corrected chi connectivity index (χ3v) is 3.82. The molecule has 2 atom stereocenters. The fourth-order valence-corrected chi connectivity index (χ4v) is 2.75. The van der Waals surface area contributed by atoms with Crippen molar-refractivity contribution in [3.63, 3.8) is 0 Å². The van der Waals surface area contributed by atoms with Crippen molar-refractivity contribution >= 4 is 17.5 Å². The number of carbonyl (C=O) groups is 1. The summed E-state index contributed by atoms with van der Waals surface area (Å²) in [7, 11) is 1.79. The Kier molecular flexibility index (Phi) is 3.72. The van der Waals surface area contributed by atoms with Gasteiger partial charge in [0.25, 0.3) is 5.91 Å². The highest BCUT2D eigenvalue weighted by Gasteiger charge is 2.30. The molecule has 0 radical (unpaired) electrons. The summed E-state index contributed by atoms with van der Waals surface area (Å²) in [5, 5.41) is 3.79. The first-order chi connectivity index (χ1) is 8.09. The highest BCUT2D eigenvalue weighted by Crippen LogP contribution is 2.27. The number of aromatic nitrogens is 1. The molecule has 0 N–H and O–H groups in total. The van der Waals surface area contributed by atoms with Crippen LogP contribution in [0.1, 0.15) is 41.9 Å². The van der Waals surface area contributed by atoms with E-state index in [0.717, 1.165) is 25.7 Å². The largest absolute Gasteiger partial charge is 0.361 e. The van der Waals surface area contributed by atoms with Gasteiger partial charge >= 0.3 is 0 Å². The molecule has 0 spiro atoms. The van der Waals surface area contributed by atoms with Crippen molar-refractivity contribution in [2.45, 2.75) is 44.0 Å². The van der Waals surface area contributed by atoms with E-state index in [0.29, 0.717) is 11.5 Å². The lowest BCUT2D eigenvalue weighted by Crippen LogP contribution is -2.44. The predicted octanol–water partition coefficient (Wildman–Crippen LogP) is 2.61. The molecule has 94 valence electrons. The van der Waals surface area contributed by atoms with Crippen LogP contribution in [0.15, 0.2) is 10.6 Å². The van der Waals surface area contributed by atoms with E-state index in [1.54, 1.807) is 24.9 Å². The van der Waals surface area contributed by atoms with Gasteiger partial charge in [-0.25, -0.2) is 0 Å². The van der Waals surface area contributed by atoms with Crippen LogP contribution in [0.2, 0.25) is 0 Å². The van der Waals surface area contributed by atoms with Crippen LogP contribution in [0.3, 0.4) is 0 Å². The van der Waals surface area contributed by atoms with Gasteiger partial charge in [-0.2, -0.15) is 0 Å². The normalized spacial score (nSPS) is 24.6. The van der Waals surface area contributed by atoms with Crippen LogP contribution < -0.4 is 0 Å². The number of hydrogen-bond acceptors (Lipinski definition) is 3. The van der Waals surface area contributed by atoms with Crippen molar-refractivity contribution in [3.05, 3.63) is 17.5 Å². The van der Waals surface area contributed by atoms with Gasteiger partial charge < -0.3 is 9.42 Å². The van der Waals surface area contributed by atoms with Crippen LogP contribution in [0.5, 0.6) is 0 Å². The number of nitrogens with zero attached hydrogens (tertiary/aromatic N) is 2. The average Bonchev–Trinajstić information content (AvgIpc) is 2.75. The van der Waals surface area contributed by atoms with Gasteiger partial charge in [-0.1, -0.05) is 18.0 Å². The van der Waals surface area contributed by atoms with Crippen molar-refractivity contribution in [1.29, 1.82) is 0 Å². The lowest BCUT2D eigenvalue weighted by molar-refractivity contribution is 0.0690. The molecule has 4 nitrogen and oxygen atoms in total. The smallest absolute Gasteiger partial charge is 0.276 e. The molecule has 1 aromatic heterocycles. The molecular weight excluding hydrogens is 240 g/mol. The van der Waals surface area contributed by atoms with Crippen LogP contribution in [-0.4, -0.2) is 34.4 Å². The van der Waals surface area contributed by atoms with Gasteiger partial charge in [0, 0.05) is 19.2 Å². The van der Waals surface area contributed by atoms with Crippen LogP contribution >= 0.6 is 11.6 Å². The lowest BCUT2D eigenvalue weighted by atomic mass is 9.94. The highest BCUT2D eigenvalue weighted by atomic mass is 35.5. The van der Waals surface area contributed by atoms with Gasteiger partial charge in [0.05, 0.1) is 5.38 Å². The molecule has 17 heavy (non-hydrogen) atoms. The first-order valence-electron chi connectivity index (χ1n) is 5.94. The van der Waals surface area contributed by atoms with Gasteiger partial charge in [-0.15, -0.1) is 11.6 Å². The first-order valence-corrected chi connectivity index (χ1v) is 6.38. The second kappa shape index (κ2) is 5.08. The quantitative estimate of drug-likeness (QED) is 0.764. The molecule has 1 aliphatic carbocycles. The maximum absolute atomic E-state index is 12.1. The standard InChI is InChI=1S/C12H17ClN2O2/c1-8-7-10(14-17-8)12(16)15(2)11-6-4-3-5-9(11)13/h7,9,11H,3-6H2,1-2H3. The van der Waals surface area contributed by atoms with E-state index in [1.165, 1.54) is 0 Å². The Morgan fingerprint density at radius 3 is 2.82 bits per heavy atom. The van der Waals surface area contributed by atoms with E-state index >= 15 is 0 Å². The van der Waals surface area contributed by atoms with Gasteiger partial charge in [0.15, 0.2) is 5.69 Å². The van der Waals surface area contributed by atoms with E-state index in [9.17, 15) is 4.79 Å². The number of halogens is 1. The maximum Gasteiger partial charge on any atom is 0.276 e. The fraction of sp³-hybridized carbons (Fsp3) is 0.667. The molecule has 0 saturated heterocycles. The zero-order valence-electron chi connectivity index (χ0n) is 10.1. The van der Waals surface area contributed by atoms with Crippen molar-refractivity contribution in [1.82, 2.24) is 10.1 Å². The monoisotopic (exact) mass is 256 g/mol. The van der Waals surface area contributed by atoms with E-state index in [-0.39, 0.29) is 17.3 Å². The van der Waals surface area contributed by atoms with Crippen molar-refractivity contribution < 1.29 is 9.32 Å². The summed E-state index contributed by atoms with van der Waals surface area (Å²) in [6, 6.07) is 1.76. The topological polar surface area (TPSA) is 46.3 Å². The fourth-order valence-electron chi connectivity index (χ4n) is 2.30. The molecule has 0 bridgehead atoms. The van der Waals surface area contributed by atoms with Gasteiger partial charge in [-0.05, 0) is 19.8 Å². The summed E-state index contributed by atoms with van der Waals surface area (Å²) in [5.41, 5.74) is 0.361. The molecule has 1 fully saturated rings. The van der Waals surface area contributed by atoms with E-state index in [4.69, 9.17) is 16.1 Å². The Morgan fingerprint density at radius 2 is 2.24 bits per heavy atom. The predicted molar refractivity (Wildman–Crippen MR) is 65.2 cm³/mol. The molecule has 2 rings (SSSR count). The summed E-state index contributed by atoms with van der Waals surface area (Å²) in [4.78, 5) is 13.9. The Labute approximate surface area is 106 Å². The molecule has 0 aromatic carbocycles. The third kappa shape index (κ3) is 2.63. The minimum absolute atomic E-state index is 0.0469. The first kappa shape index (κ1) is 12.4. The number of amides is 1. The van der Waals surface area contributed by atoms with E-state index < -0.39 is 0 Å². The average molecular weight is 257 g/mol. The maximum atomic E-state index is 12.1. The van der Waals surface area contributed by atoms with Gasteiger partial charge in [-0.3, -0.25) is 4.79 Å². The Balaban J connectivity index is 2.08. The number of alkyl halides is 1. The molecule has 5 heteroatoms. The second-order valence-electron chi connectivity index (χ2n) is 4.61. The molecule has 1 saturated carbocycles. The summed E-state index contributed by atoms with van der Waals surface area (Å²) < 4.78 is 4.92. The molecule has 1 amide bonds. The van der Waals surface area contributed by atoms with Crippen molar-refractivity contribution in [3.8, 4) is 0 Å². The van der Waals surface area contributed by atoms with Crippen molar-refractivity contribution in [2.75, 3.05) is 7.05 Å². The Morgan fingerprint density at radius 1 is 1.53 bits per heavy atom. The molecular formula is C12H17ClN2O2. The lowest BCUT2D eigenvalue weighted by Gasteiger charge is -2.34. The minimum Gasteiger partial charge on any atom is -0.361 e. The molecule has 0 aliphatic heterocycles. The number of aryl methyl sites for hydroxylation is 1. The molecule has 1 aromatic rings. The van der Waals surface area contributed by atoms with Crippen LogP contribution in [0.25, 0.3) is 0 Å². The molecule has 1 heterocycles. The van der Waals surface area contributed by atoms with Crippen molar-refractivity contribution in [2.24, 2.45) is 0 Å². The zero-order valence-corrected chi connectivity index (χ0v) is 10.9. The summed E-state index contributed by atoms with van der Waals surface area (Å²) in [6.45, 7) is 1.77. The van der Waals surface area contributed by atoms with Crippen LogP contribution in [0.4, 0.5) is 0 Å². The third-order valence-electron chi connectivity index (χ3n) is 3.31. The van der Waals surface area contributed by atoms with Gasteiger partial charge in [0.2, 0.25) is 0 Å². The highest BCUT2D eigenvalue weighted by molar-refractivity contribution is 6.21. The van der Waals surface area contributed by atoms with E-state index in [1.807, 2.05) is 0 Å².